The van der Waals surface area contributed by atoms with Gasteiger partial charge < -0.3 is 5.32 Å². The zero-order chi connectivity index (χ0) is 13.7. The predicted molar refractivity (Wildman–Crippen MR) is 83.5 cm³/mol. The van der Waals surface area contributed by atoms with Gasteiger partial charge in [-0.05, 0) is 50.6 Å². The molecule has 1 heterocycles. The maximum Gasteiger partial charge on any atom is 0.0243 e. The van der Waals surface area contributed by atoms with Crippen LogP contribution >= 0.6 is 0 Å². The summed E-state index contributed by atoms with van der Waals surface area (Å²) in [5.74, 6) is 1.76. The molecule has 0 radical (unpaired) electrons. The Bertz CT molecular complexity index is 246. The summed E-state index contributed by atoms with van der Waals surface area (Å²) >= 11 is 0. The average Bonchev–Trinajstić information content (AvgIpc) is 2.93. The maximum absolute atomic E-state index is 3.90. The molecule has 1 saturated heterocycles. The van der Waals surface area contributed by atoms with Crippen LogP contribution in [0.4, 0.5) is 0 Å². The Labute approximate surface area is 120 Å². The van der Waals surface area contributed by atoms with E-state index in [4.69, 9.17) is 0 Å². The van der Waals surface area contributed by atoms with Crippen LogP contribution in [0.5, 0.6) is 0 Å². The van der Waals surface area contributed by atoms with Crippen LogP contribution in [0.25, 0.3) is 0 Å². The molecule has 1 aliphatic carbocycles. The SMILES string of the molecule is CCC1CCCC(NCC(C(C)C)N2CCCC2)C1. The van der Waals surface area contributed by atoms with Crippen molar-refractivity contribution in [1.29, 1.82) is 0 Å². The summed E-state index contributed by atoms with van der Waals surface area (Å²) in [4.78, 5) is 2.72. The van der Waals surface area contributed by atoms with E-state index in [9.17, 15) is 0 Å². The van der Waals surface area contributed by atoms with Gasteiger partial charge in [-0.15, -0.1) is 0 Å². The molecule has 3 unspecified atom stereocenters. The average molecular weight is 266 g/mol. The number of hydrogen-bond donors (Lipinski definition) is 1. The number of nitrogens with zero attached hydrogens (tertiary/aromatic N) is 1. The van der Waals surface area contributed by atoms with E-state index in [-0.39, 0.29) is 0 Å². The van der Waals surface area contributed by atoms with Crippen LogP contribution in [0.1, 0.15) is 65.7 Å². The monoisotopic (exact) mass is 266 g/mol. The van der Waals surface area contributed by atoms with Gasteiger partial charge in [-0.1, -0.05) is 40.0 Å². The molecular formula is C17H34N2. The molecule has 2 rings (SSSR count). The predicted octanol–water partition coefficient (Wildman–Crippen LogP) is 3.67. The fraction of sp³-hybridized carbons (Fsp3) is 1.00. The summed E-state index contributed by atoms with van der Waals surface area (Å²) in [6.45, 7) is 11.0. The third-order valence-electron chi connectivity index (χ3n) is 5.36. The highest BCUT2D eigenvalue weighted by atomic mass is 15.2. The lowest BCUT2D eigenvalue weighted by atomic mass is 9.84. The van der Waals surface area contributed by atoms with Crippen molar-refractivity contribution in [3.63, 3.8) is 0 Å². The van der Waals surface area contributed by atoms with Crippen LogP contribution in [-0.4, -0.2) is 36.6 Å². The second-order valence-electron chi connectivity index (χ2n) is 7.10. The molecule has 0 spiro atoms. The molecule has 112 valence electrons. The lowest BCUT2D eigenvalue weighted by molar-refractivity contribution is 0.172. The first-order chi connectivity index (χ1) is 9.20. The lowest BCUT2D eigenvalue weighted by Gasteiger charge is -2.35. The van der Waals surface area contributed by atoms with Crippen molar-refractivity contribution in [3.8, 4) is 0 Å². The number of hydrogen-bond acceptors (Lipinski definition) is 2. The summed E-state index contributed by atoms with van der Waals surface area (Å²) in [6.07, 6.45) is 9.91. The van der Waals surface area contributed by atoms with Crippen LogP contribution in [0, 0.1) is 11.8 Å². The van der Waals surface area contributed by atoms with E-state index in [0.717, 1.165) is 23.9 Å². The summed E-state index contributed by atoms with van der Waals surface area (Å²) < 4.78 is 0. The number of rotatable bonds is 6. The smallest absolute Gasteiger partial charge is 0.0243 e. The number of nitrogens with one attached hydrogen (secondary N) is 1. The van der Waals surface area contributed by atoms with Gasteiger partial charge in [0.1, 0.15) is 0 Å². The highest BCUT2D eigenvalue weighted by Gasteiger charge is 2.26. The first kappa shape index (κ1) is 15.3. The van der Waals surface area contributed by atoms with E-state index < -0.39 is 0 Å². The molecule has 1 saturated carbocycles. The minimum Gasteiger partial charge on any atom is -0.312 e. The highest BCUT2D eigenvalue weighted by Crippen LogP contribution is 2.27. The molecule has 0 amide bonds. The van der Waals surface area contributed by atoms with E-state index in [0.29, 0.717) is 0 Å². The van der Waals surface area contributed by atoms with Gasteiger partial charge in [0.05, 0.1) is 0 Å². The molecular weight excluding hydrogens is 232 g/mol. The Balaban J connectivity index is 1.78. The third kappa shape index (κ3) is 4.46. The zero-order valence-corrected chi connectivity index (χ0v) is 13.3. The molecule has 1 aliphatic heterocycles. The summed E-state index contributed by atoms with van der Waals surface area (Å²) in [7, 11) is 0. The zero-order valence-electron chi connectivity index (χ0n) is 13.3. The van der Waals surface area contributed by atoms with Gasteiger partial charge in [-0.2, -0.15) is 0 Å². The van der Waals surface area contributed by atoms with Crippen LogP contribution in [-0.2, 0) is 0 Å². The van der Waals surface area contributed by atoms with Crippen molar-refractivity contribution in [2.75, 3.05) is 19.6 Å². The molecule has 2 nitrogen and oxygen atoms in total. The molecule has 0 aromatic carbocycles. The molecule has 2 fully saturated rings. The lowest BCUT2D eigenvalue weighted by Crippen LogP contribution is -2.47. The molecule has 0 aromatic heterocycles. The normalized spacial score (nSPS) is 30.9. The fourth-order valence-electron chi connectivity index (χ4n) is 3.99. The molecule has 0 aromatic rings. The first-order valence-corrected chi connectivity index (χ1v) is 8.68. The number of likely N-dealkylation sites (tertiary alicyclic amines) is 1. The Morgan fingerprint density at radius 2 is 1.84 bits per heavy atom. The minimum atomic E-state index is 0.754. The largest absolute Gasteiger partial charge is 0.312 e. The van der Waals surface area contributed by atoms with Gasteiger partial charge in [0.2, 0.25) is 0 Å². The Kier molecular flexibility index (Phi) is 6.15. The Morgan fingerprint density at radius 3 is 2.47 bits per heavy atom. The van der Waals surface area contributed by atoms with Crippen molar-refractivity contribution in [2.45, 2.75) is 77.8 Å². The topological polar surface area (TPSA) is 15.3 Å². The van der Waals surface area contributed by atoms with Crippen LogP contribution < -0.4 is 5.32 Å². The molecule has 2 heteroatoms. The first-order valence-electron chi connectivity index (χ1n) is 8.68. The second-order valence-corrected chi connectivity index (χ2v) is 7.10. The second kappa shape index (κ2) is 7.64. The highest BCUT2D eigenvalue weighted by molar-refractivity contribution is 4.84. The molecule has 3 atom stereocenters. The molecule has 2 aliphatic rings. The van der Waals surface area contributed by atoms with Crippen molar-refractivity contribution >= 4 is 0 Å². The van der Waals surface area contributed by atoms with E-state index in [1.807, 2.05) is 0 Å². The maximum atomic E-state index is 3.90. The van der Waals surface area contributed by atoms with E-state index in [1.54, 1.807) is 0 Å². The summed E-state index contributed by atoms with van der Waals surface area (Å²) in [5, 5.41) is 3.90. The van der Waals surface area contributed by atoms with Crippen LogP contribution in [0.2, 0.25) is 0 Å². The van der Waals surface area contributed by atoms with Crippen molar-refractivity contribution < 1.29 is 0 Å². The van der Waals surface area contributed by atoms with Gasteiger partial charge >= 0.3 is 0 Å². The van der Waals surface area contributed by atoms with Gasteiger partial charge in [0.25, 0.3) is 0 Å². The minimum absolute atomic E-state index is 0.754. The van der Waals surface area contributed by atoms with Gasteiger partial charge in [0.15, 0.2) is 0 Å². The van der Waals surface area contributed by atoms with Crippen LogP contribution in [0.15, 0.2) is 0 Å². The van der Waals surface area contributed by atoms with Crippen molar-refractivity contribution in [1.82, 2.24) is 10.2 Å². The quantitative estimate of drug-likeness (QED) is 0.789. The third-order valence-corrected chi connectivity index (χ3v) is 5.36. The molecule has 0 bridgehead atoms. The van der Waals surface area contributed by atoms with Gasteiger partial charge in [-0.3, -0.25) is 4.90 Å². The van der Waals surface area contributed by atoms with E-state index >= 15 is 0 Å². The van der Waals surface area contributed by atoms with Crippen molar-refractivity contribution in [3.05, 3.63) is 0 Å². The van der Waals surface area contributed by atoms with Gasteiger partial charge in [-0.25, -0.2) is 0 Å². The van der Waals surface area contributed by atoms with E-state index in [2.05, 4.69) is 31.0 Å². The fourth-order valence-corrected chi connectivity index (χ4v) is 3.99. The van der Waals surface area contributed by atoms with Crippen LogP contribution in [0.3, 0.4) is 0 Å². The van der Waals surface area contributed by atoms with E-state index in [1.165, 1.54) is 64.6 Å². The summed E-state index contributed by atoms with van der Waals surface area (Å²) in [6, 6.07) is 1.55. The molecule has 1 N–H and O–H groups in total. The Hall–Kier alpha value is -0.0800. The Morgan fingerprint density at radius 1 is 1.11 bits per heavy atom. The molecule has 19 heavy (non-hydrogen) atoms. The standard InChI is InChI=1S/C17H34N2/c1-4-15-8-7-9-16(12-15)18-13-17(14(2)3)19-10-5-6-11-19/h14-18H,4-13H2,1-3H3. The van der Waals surface area contributed by atoms with Crippen molar-refractivity contribution in [2.24, 2.45) is 11.8 Å². The summed E-state index contributed by atoms with van der Waals surface area (Å²) in [5.41, 5.74) is 0. The van der Waals surface area contributed by atoms with Gasteiger partial charge in [0, 0.05) is 18.6 Å².